The number of rotatable bonds is 5. The summed E-state index contributed by atoms with van der Waals surface area (Å²) in [5.74, 6) is 10.5. The minimum atomic E-state index is 0.135. The van der Waals surface area contributed by atoms with Crippen molar-refractivity contribution in [1.82, 2.24) is 0 Å². The van der Waals surface area contributed by atoms with Gasteiger partial charge in [0.1, 0.15) is 11.6 Å². The molecule has 156 valence electrons. The molecule has 0 heterocycles. The van der Waals surface area contributed by atoms with Crippen molar-refractivity contribution in [3.63, 3.8) is 0 Å². The quantitative estimate of drug-likeness (QED) is 0.527. The monoisotopic (exact) mass is 384 g/mol. The first-order valence-corrected chi connectivity index (χ1v) is 11.8. The summed E-state index contributed by atoms with van der Waals surface area (Å²) in [6.07, 6.45) is 10.8. The smallest absolute Gasteiger partial charge is 0.145 e. The maximum atomic E-state index is 12.9. The van der Waals surface area contributed by atoms with Crippen LogP contribution < -0.4 is 0 Å². The highest BCUT2D eigenvalue weighted by Gasteiger charge is 2.55. The molecule has 0 aromatic rings. The van der Waals surface area contributed by atoms with E-state index in [0.29, 0.717) is 42.3 Å². The van der Waals surface area contributed by atoms with Gasteiger partial charge in [-0.15, -0.1) is 5.92 Å². The molecule has 0 saturated heterocycles. The van der Waals surface area contributed by atoms with Crippen molar-refractivity contribution < 1.29 is 9.59 Å². The van der Waals surface area contributed by atoms with Gasteiger partial charge in [0.15, 0.2) is 0 Å². The van der Waals surface area contributed by atoms with Crippen molar-refractivity contribution in [2.45, 2.75) is 98.3 Å². The summed E-state index contributed by atoms with van der Waals surface area (Å²) in [6, 6.07) is 0. The first-order valence-electron chi connectivity index (χ1n) is 11.8. The van der Waals surface area contributed by atoms with Gasteiger partial charge in [-0.3, -0.25) is 9.59 Å². The Bertz CT molecular complexity index is 637. The number of ketones is 2. The molecule has 2 heteroatoms. The lowest BCUT2D eigenvalue weighted by molar-refractivity contribution is -0.131. The van der Waals surface area contributed by atoms with Crippen molar-refractivity contribution in [3.8, 4) is 11.8 Å². The van der Waals surface area contributed by atoms with Gasteiger partial charge >= 0.3 is 0 Å². The lowest BCUT2D eigenvalue weighted by atomic mass is 9.55. The Labute approximate surface area is 172 Å². The molecule has 0 radical (unpaired) electrons. The maximum absolute atomic E-state index is 12.9. The van der Waals surface area contributed by atoms with E-state index in [1.165, 1.54) is 38.5 Å². The predicted octanol–water partition coefficient (Wildman–Crippen LogP) is 6.22. The Morgan fingerprint density at radius 1 is 1.04 bits per heavy atom. The van der Waals surface area contributed by atoms with E-state index in [2.05, 4.69) is 39.5 Å². The maximum Gasteiger partial charge on any atom is 0.145 e. The average Bonchev–Trinajstić information content (AvgIpc) is 2.99. The molecule has 28 heavy (non-hydrogen) atoms. The lowest BCUT2D eigenvalue weighted by Crippen LogP contribution is -2.45. The van der Waals surface area contributed by atoms with Gasteiger partial charge < -0.3 is 0 Å². The minimum absolute atomic E-state index is 0.135. The van der Waals surface area contributed by atoms with E-state index in [1.54, 1.807) is 0 Å². The van der Waals surface area contributed by atoms with Gasteiger partial charge in [0.05, 0.1) is 6.42 Å². The molecule has 0 N–H and O–H groups in total. The third kappa shape index (κ3) is 4.55. The first kappa shape index (κ1) is 21.6. The normalized spacial score (nSPS) is 37.0. The van der Waals surface area contributed by atoms with Crippen LogP contribution in [0.1, 0.15) is 98.3 Å². The second kappa shape index (κ2) is 9.15. The van der Waals surface area contributed by atoms with Crippen LogP contribution in [0.5, 0.6) is 0 Å². The number of carbonyl (C=O) groups excluding carboxylic acids is 2. The third-order valence-electron chi connectivity index (χ3n) is 8.45. The molecular weight excluding hydrogens is 344 g/mol. The third-order valence-corrected chi connectivity index (χ3v) is 8.45. The largest absolute Gasteiger partial charge is 0.299 e. The van der Waals surface area contributed by atoms with Crippen LogP contribution in [0.15, 0.2) is 0 Å². The van der Waals surface area contributed by atoms with Crippen LogP contribution in [0.2, 0.25) is 0 Å². The molecule has 0 unspecified atom stereocenters. The van der Waals surface area contributed by atoms with Crippen molar-refractivity contribution in [3.05, 3.63) is 0 Å². The highest BCUT2D eigenvalue weighted by Crippen LogP contribution is 2.62. The molecule has 2 fully saturated rings. The number of carbonyl (C=O) groups is 2. The van der Waals surface area contributed by atoms with E-state index in [4.69, 9.17) is 0 Å². The lowest BCUT2D eigenvalue weighted by Gasteiger charge is -2.49. The minimum Gasteiger partial charge on any atom is -0.299 e. The van der Waals surface area contributed by atoms with Gasteiger partial charge in [-0.2, -0.15) is 0 Å². The zero-order valence-corrected chi connectivity index (χ0v) is 18.6. The van der Waals surface area contributed by atoms with Crippen LogP contribution in [-0.4, -0.2) is 11.6 Å². The topological polar surface area (TPSA) is 34.1 Å². The van der Waals surface area contributed by atoms with Gasteiger partial charge in [-0.05, 0) is 60.7 Å². The Morgan fingerprint density at radius 2 is 1.82 bits per heavy atom. The van der Waals surface area contributed by atoms with Gasteiger partial charge in [-0.25, -0.2) is 0 Å². The van der Waals surface area contributed by atoms with E-state index in [-0.39, 0.29) is 11.7 Å². The molecule has 3 rings (SSSR count). The molecule has 0 spiro atoms. The molecule has 2 nitrogen and oxygen atoms in total. The summed E-state index contributed by atoms with van der Waals surface area (Å²) in [6.45, 7) is 9.66. The molecule has 0 aliphatic heterocycles. The molecule has 3 aliphatic rings. The molecule has 3 aliphatic carbocycles. The molecule has 6 atom stereocenters. The zero-order valence-electron chi connectivity index (χ0n) is 18.6. The zero-order chi connectivity index (χ0) is 20.3. The Hall–Kier alpha value is -1.10. The van der Waals surface area contributed by atoms with Crippen molar-refractivity contribution in [2.24, 2.45) is 40.9 Å². The highest BCUT2D eigenvalue weighted by atomic mass is 16.1. The van der Waals surface area contributed by atoms with E-state index >= 15 is 0 Å². The van der Waals surface area contributed by atoms with Crippen LogP contribution in [0, 0.1) is 52.8 Å². The second-order valence-electron chi connectivity index (χ2n) is 10.6. The Morgan fingerprint density at radius 3 is 2.57 bits per heavy atom. The van der Waals surface area contributed by atoms with Crippen LogP contribution in [-0.2, 0) is 9.59 Å². The van der Waals surface area contributed by atoms with Gasteiger partial charge in [0.2, 0.25) is 0 Å². The fourth-order valence-electron chi connectivity index (χ4n) is 6.88. The van der Waals surface area contributed by atoms with Crippen molar-refractivity contribution >= 4 is 11.6 Å². The number of hydrogen-bond acceptors (Lipinski definition) is 2. The molecule has 0 bridgehead atoms. The Kier molecular flexibility index (Phi) is 7.06. The summed E-state index contributed by atoms with van der Waals surface area (Å²) in [5, 5.41) is 0. The average molecular weight is 385 g/mol. The van der Waals surface area contributed by atoms with E-state index in [9.17, 15) is 9.59 Å². The number of hydrogen-bond donors (Lipinski definition) is 0. The SMILES string of the molecule is CC(C)CCC[C@@H](C)[C@H]1CC[C@H]2[C@@H]3CC#CCC(=O)CCC(=O)[C@H]3CC[C@]12C. The molecule has 2 saturated carbocycles. The van der Waals surface area contributed by atoms with Gasteiger partial charge in [0.25, 0.3) is 0 Å². The molecule has 0 aromatic heterocycles. The van der Waals surface area contributed by atoms with Crippen molar-refractivity contribution in [1.29, 1.82) is 0 Å². The summed E-state index contributed by atoms with van der Waals surface area (Å²) < 4.78 is 0. The number of fused-ring (bicyclic) bond motifs is 3. The van der Waals surface area contributed by atoms with Crippen LogP contribution in [0.4, 0.5) is 0 Å². The summed E-state index contributed by atoms with van der Waals surface area (Å²) in [4.78, 5) is 24.8. The predicted molar refractivity (Wildman–Crippen MR) is 115 cm³/mol. The van der Waals surface area contributed by atoms with Gasteiger partial charge in [0, 0.05) is 25.2 Å². The molecular formula is C26H40O2. The Balaban J connectivity index is 1.74. The molecule has 0 aromatic carbocycles. The van der Waals surface area contributed by atoms with E-state index < -0.39 is 0 Å². The standard InChI is InChI=1S/C26H40O2/c1-18(2)8-7-9-19(3)23-13-14-24-21-11-6-5-10-20(27)12-15-25(28)22(21)16-17-26(23,24)4/h18-19,21-24H,7-17H2,1-4H3/t19-,21-,22+,23-,24+,26-/m1/s1. The van der Waals surface area contributed by atoms with E-state index in [1.807, 2.05) is 0 Å². The molecule has 0 amide bonds. The fourth-order valence-corrected chi connectivity index (χ4v) is 6.88. The highest BCUT2D eigenvalue weighted by molar-refractivity contribution is 5.88. The van der Waals surface area contributed by atoms with Crippen LogP contribution in [0.3, 0.4) is 0 Å². The van der Waals surface area contributed by atoms with Gasteiger partial charge in [-0.1, -0.05) is 52.9 Å². The summed E-state index contributed by atoms with van der Waals surface area (Å²) in [5.41, 5.74) is 0.375. The number of Topliss-reactive ketones (excluding diaryl/α,β-unsaturated/α-hetero) is 2. The fraction of sp³-hybridized carbons (Fsp3) is 0.846. The van der Waals surface area contributed by atoms with Crippen molar-refractivity contribution in [2.75, 3.05) is 0 Å². The van der Waals surface area contributed by atoms with Crippen LogP contribution in [0.25, 0.3) is 0 Å². The van der Waals surface area contributed by atoms with Crippen LogP contribution >= 0.6 is 0 Å². The summed E-state index contributed by atoms with van der Waals surface area (Å²) >= 11 is 0. The van der Waals surface area contributed by atoms with E-state index in [0.717, 1.165) is 30.6 Å². The summed E-state index contributed by atoms with van der Waals surface area (Å²) in [7, 11) is 0. The second-order valence-corrected chi connectivity index (χ2v) is 10.6. The first-order chi connectivity index (χ1) is 13.3.